The maximum Gasteiger partial charge on any atom is 0.364 e. The third-order valence-corrected chi connectivity index (χ3v) is 2.80. The minimum Gasteiger partial charge on any atom is -0.325 e. The lowest BCUT2D eigenvalue weighted by atomic mass is 10.1. The van der Waals surface area contributed by atoms with Crippen molar-refractivity contribution >= 4 is 30.2 Å². The Morgan fingerprint density at radius 3 is 2.53 bits per heavy atom. The molecule has 0 atom stereocenters. The van der Waals surface area contributed by atoms with E-state index in [-0.39, 0.29) is 18.4 Å². The maximum atomic E-state index is 12.0. The molecule has 1 aliphatic rings. The Labute approximate surface area is 109 Å². The van der Waals surface area contributed by atoms with Crippen molar-refractivity contribution < 1.29 is 19.2 Å². The van der Waals surface area contributed by atoms with Crippen molar-refractivity contribution in [2.45, 2.75) is 19.8 Å². The summed E-state index contributed by atoms with van der Waals surface area (Å²) in [5.41, 5.74) is 1.42. The van der Waals surface area contributed by atoms with Crippen LogP contribution in [-0.4, -0.2) is 29.6 Å². The van der Waals surface area contributed by atoms with Crippen molar-refractivity contribution in [2.75, 3.05) is 0 Å². The zero-order chi connectivity index (χ0) is 14.0. The Bertz CT molecular complexity index is 564. The second-order valence-electron chi connectivity index (χ2n) is 4.12. The van der Waals surface area contributed by atoms with Gasteiger partial charge in [0.2, 0.25) is 0 Å². The van der Waals surface area contributed by atoms with Crippen LogP contribution < -0.4 is 0 Å². The molecule has 1 aromatic rings. The van der Waals surface area contributed by atoms with Crippen LogP contribution in [-0.2, 0) is 14.4 Å². The van der Waals surface area contributed by atoms with Gasteiger partial charge in [0.15, 0.2) is 0 Å². The van der Waals surface area contributed by atoms with E-state index < -0.39 is 17.8 Å². The Balaban J connectivity index is 2.22. The molecule has 0 saturated carbocycles. The first-order chi connectivity index (χ1) is 9.02. The highest BCUT2D eigenvalue weighted by Crippen LogP contribution is 2.20. The number of imide groups is 1. The molecule has 98 valence electrons. The molecular formula is C13H12N2O4. The summed E-state index contributed by atoms with van der Waals surface area (Å²) in [6.45, 7) is 5.09. The summed E-state index contributed by atoms with van der Waals surface area (Å²) < 4.78 is 0. The summed E-state index contributed by atoms with van der Waals surface area (Å²) in [7, 11) is 0. The molecule has 1 heterocycles. The standard InChI is InChI=1S/C13H12N2O4/c1-8-3-4-9(14-2)7-10(8)13(18)19-15-11(16)5-6-12(15)17/h3-4,7H,2,5-6H2,1H3. The Hall–Kier alpha value is -2.50. The number of hydroxylamine groups is 2. The molecule has 2 amide bonds. The van der Waals surface area contributed by atoms with Crippen molar-refractivity contribution in [1.29, 1.82) is 0 Å². The van der Waals surface area contributed by atoms with Crippen LogP contribution in [0.1, 0.15) is 28.8 Å². The van der Waals surface area contributed by atoms with Crippen LogP contribution in [0.3, 0.4) is 0 Å². The fraction of sp³-hybridized carbons (Fsp3) is 0.231. The van der Waals surface area contributed by atoms with Gasteiger partial charge in [-0.2, -0.15) is 0 Å². The number of aliphatic imine (C=N–C) groups is 1. The van der Waals surface area contributed by atoms with Crippen LogP contribution >= 0.6 is 0 Å². The first-order valence-corrected chi connectivity index (χ1v) is 5.68. The van der Waals surface area contributed by atoms with Crippen LogP contribution in [0.5, 0.6) is 0 Å². The van der Waals surface area contributed by atoms with Gasteiger partial charge in [-0.05, 0) is 31.3 Å². The number of amides is 2. The number of benzene rings is 1. The number of nitrogens with zero attached hydrogens (tertiary/aromatic N) is 2. The van der Waals surface area contributed by atoms with E-state index in [9.17, 15) is 14.4 Å². The minimum absolute atomic E-state index is 0.0688. The van der Waals surface area contributed by atoms with E-state index in [4.69, 9.17) is 4.84 Å². The van der Waals surface area contributed by atoms with E-state index in [1.54, 1.807) is 19.1 Å². The van der Waals surface area contributed by atoms with Gasteiger partial charge in [-0.1, -0.05) is 6.07 Å². The van der Waals surface area contributed by atoms with E-state index in [0.717, 1.165) is 0 Å². The zero-order valence-corrected chi connectivity index (χ0v) is 10.4. The number of carbonyl (C=O) groups excluding carboxylic acids is 3. The van der Waals surface area contributed by atoms with Gasteiger partial charge in [0, 0.05) is 12.8 Å². The van der Waals surface area contributed by atoms with Gasteiger partial charge in [0.1, 0.15) is 0 Å². The number of hydrogen-bond donors (Lipinski definition) is 0. The second-order valence-corrected chi connectivity index (χ2v) is 4.12. The van der Waals surface area contributed by atoms with Gasteiger partial charge >= 0.3 is 5.97 Å². The number of rotatable bonds is 3. The van der Waals surface area contributed by atoms with Crippen LogP contribution in [0.25, 0.3) is 0 Å². The molecule has 0 unspecified atom stereocenters. The van der Waals surface area contributed by atoms with E-state index in [0.29, 0.717) is 16.3 Å². The average Bonchev–Trinajstić information content (AvgIpc) is 2.71. The monoisotopic (exact) mass is 260 g/mol. The van der Waals surface area contributed by atoms with E-state index >= 15 is 0 Å². The molecule has 0 bridgehead atoms. The van der Waals surface area contributed by atoms with Crippen molar-refractivity contribution in [3.05, 3.63) is 29.3 Å². The molecular weight excluding hydrogens is 248 g/mol. The van der Waals surface area contributed by atoms with Gasteiger partial charge in [0.05, 0.1) is 11.3 Å². The molecule has 6 heteroatoms. The molecule has 0 aliphatic carbocycles. The molecule has 1 saturated heterocycles. The van der Waals surface area contributed by atoms with Gasteiger partial charge in [-0.25, -0.2) is 4.79 Å². The van der Waals surface area contributed by atoms with E-state index in [1.165, 1.54) is 6.07 Å². The normalized spacial score (nSPS) is 14.7. The summed E-state index contributed by atoms with van der Waals surface area (Å²) >= 11 is 0. The Kier molecular flexibility index (Phi) is 3.41. The first kappa shape index (κ1) is 12.9. The molecule has 1 aromatic carbocycles. The van der Waals surface area contributed by atoms with Crippen LogP contribution in [0.4, 0.5) is 5.69 Å². The Morgan fingerprint density at radius 1 is 1.32 bits per heavy atom. The molecule has 19 heavy (non-hydrogen) atoms. The van der Waals surface area contributed by atoms with Crippen LogP contribution in [0, 0.1) is 6.92 Å². The summed E-state index contributed by atoms with van der Waals surface area (Å²) in [4.78, 5) is 43.2. The smallest absolute Gasteiger partial charge is 0.325 e. The fourth-order valence-electron chi connectivity index (χ4n) is 1.72. The molecule has 0 N–H and O–H groups in total. The van der Waals surface area contributed by atoms with Crippen molar-refractivity contribution in [1.82, 2.24) is 5.06 Å². The molecule has 0 radical (unpaired) electrons. The highest BCUT2D eigenvalue weighted by molar-refractivity contribution is 6.03. The van der Waals surface area contributed by atoms with E-state index in [1.807, 2.05) is 0 Å². The quantitative estimate of drug-likeness (QED) is 0.610. The summed E-state index contributed by atoms with van der Waals surface area (Å²) in [5.74, 6) is -1.77. The first-order valence-electron chi connectivity index (χ1n) is 5.68. The predicted octanol–water partition coefficient (Wildman–Crippen LogP) is 1.55. The predicted molar refractivity (Wildman–Crippen MR) is 66.9 cm³/mol. The topological polar surface area (TPSA) is 76.0 Å². The summed E-state index contributed by atoms with van der Waals surface area (Å²) in [6, 6.07) is 4.88. The highest BCUT2D eigenvalue weighted by Gasteiger charge is 2.33. The number of carbonyl (C=O) groups is 3. The lowest BCUT2D eigenvalue weighted by Crippen LogP contribution is -2.32. The lowest BCUT2D eigenvalue weighted by Gasteiger charge is -2.13. The molecule has 2 rings (SSSR count). The van der Waals surface area contributed by atoms with Gasteiger partial charge in [-0.3, -0.25) is 14.6 Å². The van der Waals surface area contributed by atoms with E-state index in [2.05, 4.69) is 11.7 Å². The van der Waals surface area contributed by atoms with Gasteiger partial charge in [0.25, 0.3) is 11.8 Å². The van der Waals surface area contributed by atoms with Gasteiger partial charge < -0.3 is 4.84 Å². The molecule has 0 aromatic heterocycles. The molecule has 0 spiro atoms. The fourth-order valence-corrected chi connectivity index (χ4v) is 1.72. The third kappa shape index (κ3) is 2.52. The summed E-state index contributed by atoms with van der Waals surface area (Å²) in [6.07, 6.45) is 0.138. The van der Waals surface area contributed by atoms with Crippen LogP contribution in [0.2, 0.25) is 0 Å². The molecule has 6 nitrogen and oxygen atoms in total. The third-order valence-electron chi connectivity index (χ3n) is 2.80. The van der Waals surface area contributed by atoms with Crippen LogP contribution in [0.15, 0.2) is 23.2 Å². The number of aryl methyl sites for hydroxylation is 1. The average molecular weight is 260 g/mol. The van der Waals surface area contributed by atoms with Crippen molar-refractivity contribution in [3.8, 4) is 0 Å². The highest BCUT2D eigenvalue weighted by atomic mass is 16.7. The SMILES string of the molecule is C=Nc1ccc(C)c(C(=O)ON2C(=O)CCC2=O)c1. The largest absolute Gasteiger partial charge is 0.364 e. The van der Waals surface area contributed by atoms with Gasteiger partial charge in [-0.15, -0.1) is 5.06 Å². The maximum absolute atomic E-state index is 12.0. The molecule has 1 fully saturated rings. The Morgan fingerprint density at radius 2 is 1.95 bits per heavy atom. The summed E-state index contributed by atoms with van der Waals surface area (Å²) in [5, 5.41) is 0.524. The zero-order valence-electron chi connectivity index (χ0n) is 10.4. The second kappa shape index (κ2) is 5.01. The number of hydrogen-bond acceptors (Lipinski definition) is 5. The van der Waals surface area contributed by atoms with Crippen molar-refractivity contribution in [3.63, 3.8) is 0 Å². The lowest BCUT2D eigenvalue weighted by molar-refractivity contribution is -0.172. The van der Waals surface area contributed by atoms with Crippen molar-refractivity contribution in [2.24, 2.45) is 4.99 Å². The minimum atomic E-state index is -0.758. The molecule has 1 aliphatic heterocycles.